The van der Waals surface area contributed by atoms with E-state index >= 15 is 0 Å². The summed E-state index contributed by atoms with van der Waals surface area (Å²) in [5.74, 6) is 0.890. The SMILES string of the molecule is CCCNC(c1cc(OC)ccc1Br)c1sccc1C. The number of nitrogens with one attached hydrogen (secondary N) is 1. The monoisotopic (exact) mass is 353 g/mol. The van der Waals surface area contributed by atoms with Gasteiger partial charge in [0.2, 0.25) is 0 Å². The molecule has 4 heteroatoms. The van der Waals surface area contributed by atoms with E-state index in [-0.39, 0.29) is 6.04 Å². The summed E-state index contributed by atoms with van der Waals surface area (Å²) in [6.07, 6.45) is 1.11. The van der Waals surface area contributed by atoms with Gasteiger partial charge in [-0.3, -0.25) is 0 Å². The molecule has 20 heavy (non-hydrogen) atoms. The van der Waals surface area contributed by atoms with Crippen LogP contribution in [0.4, 0.5) is 0 Å². The molecule has 1 aromatic carbocycles. The molecular weight excluding hydrogens is 334 g/mol. The Morgan fingerprint density at radius 2 is 2.15 bits per heavy atom. The number of aryl methyl sites for hydroxylation is 1. The Morgan fingerprint density at radius 1 is 1.35 bits per heavy atom. The van der Waals surface area contributed by atoms with E-state index in [9.17, 15) is 0 Å². The normalized spacial score (nSPS) is 12.4. The second kappa shape index (κ2) is 7.25. The maximum Gasteiger partial charge on any atom is 0.119 e. The largest absolute Gasteiger partial charge is 0.497 e. The van der Waals surface area contributed by atoms with Crippen LogP contribution < -0.4 is 10.1 Å². The summed E-state index contributed by atoms with van der Waals surface area (Å²) in [6.45, 7) is 5.35. The van der Waals surface area contributed by atoms with E-state index in [0.29, 0.717) is 0 Å². The molecule has 108 valence electrons. The van der Waals surface area contributed by atoms with Crippen LogP contribution in [0.5, 0.6) is 5.75 Å². The summed E-state index contributed by atoms with van der Waals surface area (Å²) in [5, 5.41) is 5.80. The molecular formula is C16H20BrNOS. The van der Waals surface area contributed by atoms with Gasteiger partial charge in [0.1, 0.15) is 5.75 Å². The maximum absolute atomic E-state index is 5.37. The third kappa shape index (κ3) is 3.43. The Morgan fingerprint density at radius 3 is 2.75 bits per heavy atom. The molecule has 2 nitrogen and oxygen atoms in total. The third-order valence-electron chi connectivity index (χ3n) is 3.28. The van der Waals surface area contributed by atoms with E-state index in [1.807, 2.05) is 6.07 Å². The summed E-state index contributed by atoms with van der Waals surface area (Å²) in [5.41, 5.74) is 2.56. The van der Waals surface area contributed by atoms with Crippen molar-refractivity contribution in [2.75, 3.05) is 13.7 Å². The number of ether oxygens (including phenoxy) is 1. The molecule has 0 fully saturated rings. The van der Waals surface area contributed by atoms with Crippen LogP contribution in [0, 0.1) is 6.92 Å². The zero-order chi connectivity index (χ0) is 14.5. The van der Waals surface area contributed by atoms with E-state index in [1.165, 1.54) is 16.0 Å². The smallest absolute Gasteiger partial charge is 0.119 e. The molecule has 0 aliphatic rings. The molecule has 0 spiro atoms. The van der Waals surface area contributed by atoms with Crippen molar-refractivity contribution in [1.29, 1.82) is 0 Å². The van der Waals surface area contributed by atoms with Crippen LogP contribution in [0.15, 0.2) is 34.1 Å². The van der Waals surface area contributed by atoms with E-state index in [4.69, 9.17) is 4.74 Å². The molecule has 0 saturated carbocycles. The summed E-state index contributed by atoms with van der Waals surface area (Å²) in [6, 6.07) is 8.52. The Bertz CT molecular complexity index is 567. The highest BCUT2D eigenvalue weighted by Gasteiger charge is 2.19. The van der Waals surface area contributed by atoms with Crippen LogP contribution >= 0.6 is 27.3 Å². The first-order chi connectivity index (χ1) is 9.67. The molecule has 2 rings (SSSR count). The number of benzene rings is 1. The molecule has 1 heterocycles. The Labute approximate surface area is 133 Å². The minimum Gasteiger partial charge on any atom is -0.497 e. The molecule has 0 amide bonds. The lowest BCUT2D eigenvalue weighted by atomic mass is 10.0. The first kappa shape index (κ1) is 15.5. The second-order valence-corrected chi connectivity index (χ2v) is 6.54. The number of hydrogen-bond donors (Lipinski definition) is 1. The molecule has 0 aliphatic heterocycles. The highest BCUT2D eigenvalue weighted by atomic mass is 79.9. The zero-order valence-corrected chi connectivity index (χ0v) is 14.5. The average Bonchev–Trinajstić information content (AvgIpc) is 2.87. The predicted octanol–water partition coefficient (Wildman–Crippen LogP) is 4.92. The number of thiophene rings is 1. The van der Waals surface area contributed by atoms with Gasteiger partial charge in [-0.1, -0.05) is 22.9 Å². The van der Waals surface area contributed by atoms with Crippen LogP contribution in [0.2, 0.25) is 0 Å². The van der Waals surface area contributed by atoms with Gasteiger partial charge < -0.3 is 10.1 Å². The second-order valence-electron chi connectivity index (χ2n) is 4.74. The average molecular weight is 354 g/mol. The molecule has 2 aromatic rings. The fraction of sp³-hybridized carbons (Fsp3) is 0.375. The Balaban J connectivity index is 2.43. The highest BCUT2D eigenvalue weighted by molar-refractivity contribution is 9.10. The first-order valence-electron chi connectivity index (χ1n) is 6.78. The van der Waals surface area contributed by atoms with Gasteiger partial charge in [-0.25, -0.2) is 0 Å². The molecule has 1 unspecified atom stereocenters. The van der Waals surface area contributed by atoms with Crippen LogP contribution in [-0.4, -0.2) is 13.7 Å². The van der Waals surface area contributed by atoms with E-state index in [1.54, 1.807) is 18.4 Å². The van der Waals surface area contributed by atoms with Crippen molar-refractivity contribution in [2.24, 2.45) is 0 Å². The number of hydrogen-bond acceptors (Lipinski definition) is 3. The fourth-order valence-electron chi connectivity index (χ4n) is 2.18. The van der Waals surface area contributed by atoms with Gasteiger partial charge in [0, 0.05) is 9.35 Å². The van der Waals surface area contributed by atoms with E-state index in [0.717, 1.165) is 23.2 Å². The lowest BCUT2D eigenvalue weighted by Crippen LogP contribution is -2.23. The first-order valence-corrected chi connectivity index (χ1v) is 8.45. The topological polar surface area (TPSA) is 21.3 Å². The molecule has 1 atom stereocenters. The lowest BCUT2D eigenvalue weighted by Gasteiger charge is -2.21. The molecule has 0 saturated heterocycles. The minimum absolute atomic E-state index is 0.208. The van der Waals surface area contributed by atoms with Gasteiger partial charge in [0.05, 0.1) is 13.2 Å². The van der Waals surface area contributed by atoms with E-state index < -0.39 is 0 Å². The summed E-state index contributed by atoms with van der Waals surface area (Å²) < 4.78 is 6.48. The van der Waals surface area contributed by atoms with Crippen LogP contribution in [0.3, 0.4) is 0 Å². The number of methoxy groups -OCH3 is 1. The fourth-order valence-corrected chi connectivity index (χ4v) is 3.68. The minimum atomic E-state index is 0.208. The van der Waals surface area contributed by atoms with Gasteiger partial charge in [-0.2, -0.15) is 0 Å². The third-order valence-corrected chi connectivity index (χ3v) is 5.08. The maximum atomic E-state index is 5.37. The van der Waals surface area contributed by atoms with Gasteiger partial charge in [0.15, 0.2) is 0 Å². The molecule has 0 radical (unpaired) electrons. The van der Waals surface area contributed by atoms with Crippen molar-refractivity contribution in [3.63, 3.8) is 0 Å². The highest BCUT2D eigenvalue weighted by Crippen LogP contribution is 2.35. The van der Waals surface area contributed by atoms with Crippen LogP contribution in [0.1, 0.15) is 35.4 Å². The number of halogens is 1. The standard InChI is InChI=1S/C16H20BrNOS/c1-4-8-18-15(16-11(2)7-9-20-16)13-10-12(19-3)5-6-14(13)17/h5-7,9-10,15,18H,4,8H2,1-3H3. The van der Waals surface area contributed by atoms with Crippen molar-refractivity contribution < 1.29 is 4.74 Å². The van der Waals surface area contributed by atoms with Crippen molar-refractivity contribution in [3.8, 4) is 5.75 Å². The Hall–Kier alpha value is -0.840. The summed E-state index contributed by atoms with van der Waals surface area (Å²) >= 11 is 5.47. The quantitative estimate of drug-likeness (QED) is 0.795. The van der Waals surface area contributed by atoms with Crippen LogP contribution in [-0.2, 0) is 0 Å². The molecule has 1 aromatic heterocycles. The summed E-state index contributed by atoms with van der Waals surface area (Å²) in [7, 11) is 1.71. The van der Waals surface area contributed by atoms with Crippen molar-refractivity contribution in [3.05, 3.63) is 50.1 Å². The molecule has 0 bridgehead atoms. The molecule has 1 N–H and O–H groups in total. The molecule has 0 aliphatic carbocycles. The van der Waals surface area contributed by atoms with Gasteiger partial charge in [-0.15, -0.1) is 11.3 Å². The summed E-state index contributed by atoms with van der Waals surface area (Å²) in [4.78, 5) is 1.37. The van der Waals surface area contributed by atoms with Crippen LogP contribution in [0.25, 0.3) is 0 Å². The Kier molecular flexibility index (Phi) is 5.64. The van der Waals surface area contributed by atoms with Gasteiger partial charge >= 0.3 is 0 Å². The predicted molar refractivity (Wildman–Crippen MR) is 89.9 cm³/mol. The van der Waals surface area contributed by atoms with Crippen molar-refractivity contribution in [2.45, 2.75) is 26.3 Å². The van der Waals surface area contributed by atoms with Gasteiger partial charge in [-0.05, 0) is 60.7 Å². The number of rotatable bonds is 6. The van der Waals surface area contributed by atoms with Crippen molar-refractivity contribution >= 4 is 27.3 Å². The zero-order valence-electron chi connectivity index (χ0n) is 12.1. The lowest BCUT2D eigenvalue weighted by molar-refractivity contribution is 0.413. The van der Waals surface area contributed by atoms with E-state index in [2.05, 4.69) is 58.7 Å². The van der Waals surface area contributed by atoms with Gasteiger partial charge in [0.25, 0.3) is 0 Å². The van der Waals surface area contributed by atoms with Crippen molar-refractivity contribution in [1.82, 2.24) is 5.32 Å².